The Hall–Kier alpha value is -1.41. The molecular weight excluding hydrogens is 188 g/mol. The van der Waals surface area contributed by atoms with Gasteiger partial charge in [-0.3, -0.25) is 0 Å². The molecule has 1 N–H and O–H groups in total. The predicted molar refractivity (Wildman–Crippen MR) is 58.6 cm³/mol. The van der Waals surface area contributed by atoms with Crippen molar-refractivity contribution in [3.05, 3.63) is 48.0 Å². The normalized spacial score (nSPS) is 30.1. The third kappa shape index (κ3) is 1.61. The number of benzene rings is 1. The van der Waals surface area contributed by atoms with Gasteiger partial charge in [-0.15, -0.1) is 0 Å². The van der Waals surface area contributed by atoms with Gasteiger partial charge in [-0.1, -0.05) is 42.5 Å². The van der Waals surface area contributed by atoms with Crippen molar-refractivity contribution in [2.45, 2.75) is 24.4 Å². The number of aliphatic hydroxyl groups excluding tert-OH is 1. The highest BCUT2D eigenvalue weighted by atomic mass is 16.3. The Balaban J connectivity index is 2.46. The van der Waals surface area contributed by atoms with Crippen LogP contribution in [0.5, 0.6) is 0 Å². The minimum atomic E-state index is -0.740. The Morgan fingerprint density at radius 2 is 2.07 bits per heavy atom. The molecule has 2 rings (SSSR count). The maximum Gasteiger partial charge on any atom is 0.133 e. The van der Waals surface area contributed by atoms with Crippen LogP contribution in [0.3, 0.4) is 0 Å². The summed E-state index contributed by atoms with van der Waals surface area (Å²) in [6.45, 7) is 0. The van der Waals surface area contributed by atoms with Crippen molar-refractivity contribution in [1.29, 1.82) is 0 Å². The lowest BCUT2D eigenvalue weighted by Gasteiger charge is -2.34. The Morgan fingerprint density at radius 1 is 1.33 bits per heavy atom. The Morgan fingerprint density at radius 3 is 2.67 bits per heavy atom. The SMILES string of the molecule is O=CC1(c2ccccc2)CCC=CC1O. The monoisotopic (exact) mass is 202 g/mol. The van der Waals surface area contributed by atoms with Crippen molar-refractivity contribution in [2.75, 3.05) is 0 Å². The number of aldehydes is 1. The average molecular weight is 202 g/mol. The summed E-state index contributed by atoms with van der Waals surface area (Å²) in [7, 11) is 0. The molecule has 0 fully saturated rings. The molecular formula is C13H14O2. The number of rotatable bonds is 2. The first kappa shape index (κ1) is 10.1. The van der Waals surface area contributed by atoms with Gasteiger partial charge in [0, 0.05) is 0 Å². The standard InChI is InChI=1S/C13H14O2/c14-10-13(9-5-4-8-12(13)15)11-6-2-1-3-7-11/h1-4,6-8,10,12,15H,5,9H2. The molecule has 2 heteroatoms. The van der Waals surface area contributed by atoms with Crippen LogP contribution in [0.2, 0.25) is 0 Å². The summed E-state index contributed by atoms with van der Waals surface area (Å²) in [5.74, 6) is 0. The minimum absolute atomic E-state index is 0.679. The van der Waals surface area contributed by atoms with Crippen LogP contribution in [0.1, 0.15) is 18.4 Å². The second-order valence-corrected chi connectivity index (χ2v) is 3.94. The van der Waals surface area contributed by atoms with E-state index in [1.807, 2.05) is 36.4 Å². The van der Waals surface area contributed by atoms with E-state index in [2.05, 4.69) is 0 Å². The fourth-order valence-electron chi connectivity index (χ4n) is 2.13. The summed E-state index contributed by atoms with van der Waals surface area (Å²) < 4.78 is 0. The van der Waals surface area contributed by atoms with Gasteiger partial charge in [-0.2, -0.15) is 0 Å². The molecule has 0 radical (unpaired) electrons. The highest BCUT2D eigenvalue weighted by molar-refractivity contribution is 5.71. The van der Waals surface area contributed by atoms with Crippen molar-refractivity contribution in [3.8, 4) is 0 Å². The zero-order valence-electron chi connectivity index (χ0n) is 8.47. The summed E-state index contributed by atoms with van der Waals surface area (Å²) in [5.41, 5.74) is 0.160. The van der Waals surface area contributed by atoms with Crippen LogP contribution in [-0.2, 0) is 10.2 Å². The van der Waals surface area contributed by atoms with Crippen molar-refractivity contribution < 1.29 is 9.90 Å². The zero-order chi connectivity index (χ0) is 10.7. The molecule has 1 aliphatic carbocycles. The maximum atomic E-state index is 11.3. The van der Waals surface area contributed by atoms with Crippen LogP contribution in [0.25, 0.3) is 0 Å². The molecule has 0 spiro atoms. The Kier molecular flexibility index (Phi) is 2.69. The first-order valence-corrected chi connectivity index (χ1v) is 5.16. The van der Waals surface area contributed by atoms with Crippen molar-refractivity contribution in [2.24, 2.45) is 0 Å². The fourth-order valence-corrected chi connectivity index (χ4v) is 2.13. The molecule has 0 bridgehead atoms. The first-order chi connectivity index (χ1) is 7.29. The van der Waals surface area contributed by atoms with Crippen molar-refractivity contribution in [1.82, 2.24) is 0 Å². The van der Waals surface area contributed by atoms with E-state index in [9.17, 15) is 9.90 Å². The third-order valence-electron chi connectivity index (χ3n) is 3.09. The molecule has 2 atom stereocenters. The smallest absolute Gasteiger partial charge is 0.133 e. The molecule has 15 heavy (non-hydrogen) atoms. The zero-order valence-corrected chi connectivity index (χ0v) is 8.47. The fraction of sp³-hybridized carbons (Fsp3) is 0.308. The maximum absolute atomic E-state index is 11.3. The highest BCUT2D eigenvalue weighted by Gasteiger charge is 2.39. The van der Waals surface area contributed by atoms with Gasteiger partial charge in [0.05, 0.1) is 11.5 Å². The molecule has 2 nitrogen and oxygen atoms in total. The van der Waals surface area contributed by atoms with Crippen LogP contribution >= 0.6 is 0 Å². The van der Waals surface area contributed by atoms with Gasteiger partial charge >= 0.3 is 0 Å². The van der Waals surface area contributed by atoms with Gasteiger partial charge in [-0.25, -0.2) is 0 Å². The van der Waals surface area contributed by atoms with Gasteiger partial charge in [-0.05, 0) is 18.4 Å². The Bertz CT molecular complexity index is 369. The van der Waals surface area contributed by atoms with E-state index < -0.39 is 11.5 Å². The molecule has 0 heterocycles. The number of hydrogen-bond acceptors (Lipinski definition) is 2. The van der Waals surface area contributed by atoms with Gasteiger partial charge in [0.25, 0.3) is 0 Å². The summed E-state index contributed by atoms with van der Waals surface area (Å²) in [4.78, 5) is 11.3. The van der Waals surface area contributed by atoms with E-state index >= 15 is 0 Å². The van der Waals surface area contributed by atoms with Crippen LogP contribution in [0.4, 0.5) is 0 Å². The van der Waals surface area contributed by atoms with Crippen LogP contribution in [0, 0.1) is 0 Å². The number of carbonyl (C=O) groups excluding carboxylic acids is 1. The van der Waals surface area contributed by atoms with Gasteiger partial charge in [0.1, 0.15) is 6.29 Å². The summed E-state index contributed by atoms with van der Waals surface area (Å²) >= 11 is 0. The van der Waals surface area contributed by atoms with Crippen molar-refractivity contribution >= 4 is 6.29 Å². The van der Waals surface area contributed by atoms with Gasteiger partial charge in [0.2, 0.25) is 0 Å². The number of carbonyl (C=O) groups is 1. The highest BCUT2D eigenvalue weighted by Crippen LogP contribution is 2.34. The molecule has 1 aromatic carbocycles. The van der Waals surface area contributed by atoms with E-state index in [1.54, 1.807) is 6.08 Å². The van der Waals surface area contributed by atoms with E-state index in [-0.39, 0.29) is 0 Å². The summed E-state index contributed by atoms with van der Waals surface area (Å²) in [6.07, 6.45) is 5.34. The minimum Gasteiger partial charge on any atom is -0.388 e. The number of hydrogen-bond donors (Lipinski definition) is 1. The Labute approximate surface area is 89.2 Å². The lowest BCUT2D eigenvalue weighted by atomic mass is 9.71. The third-order valence-corrected chi connectivity index (χ3v) is 3.09. The summed E-state index contributed by atoms with van der Waals surface area (Å²) in [6, 6.07) is 9.50. The lowest BCUT2D eigenvalue weighted by Crippen LogP contribution is -2.41. The molecule has 0 saturated carbocycles. The van der Waals surface area contributed by atoms with E-state index in [1.165, 1.54) is 0 Å². The lowest BCUT2D eigenvalue weighted by molar-refractivity contribution is -0.116. The number of aliphatic hydroxyl groups is 1. The van der Waals surface area contributed by atoms with E-state index in [0.717, 1.165) is 18.3 Å². The van der Waals surface area contributed by atoms with E-state index in [4.69, 9.17) is 0 Å². The van der Waals surface area contributed by atoms with Crippen molar-refractivity contribution in [3.63, 3.8) is 0 Å². The first-order valence-electron chi connectivity index (χ1n) is 5.16. The molecule has 0 amide bonds. The second-order valence-electron chi connectivity index (χ2n) is 3.94. The predicted octanol–water partition coefficient (Wildman–Crippen LogP) is 1.83. The molecule has 0 aliphatic heterocycles. The molecule has 78 valence electrons. The van der Waals surface area contributed by atoms with Crippen LogP contribution in [0.15, 0.2) is 42.5 Å². The van der Waals surface area contributed by atoms with Gasteiger partial charge < -0.3 is 9.90 Å². The van der Waals surface area contributed by atoms with Crippen LogP contribution < -0.4 is 0 Å². The van der Waals surface area contributed by atoms with Crippen LogP contribution in [-0.4, -0.2) is 17.5 Å². The second kappa shape index (κ2) is 3.99. The van der Waals surface area contributed by atoms with Gasteiger partial charge in [0.15, 0.2) is 0 Å². The summed E-state index contributed by atoms with van der Waals surface area (Å²) in [5, 5.41) is 9.95. The quantitative estimate of drug-likeness (QED) is 0.587. The van der Waals surface area contributed by atoms with E-state index in [0.29, 0.717) is 6.42 Å². The largest absolute Gasteiger partial charge is 0.388 e. The number of allylic oxidation sites excluding steroid dienone is 1. The molecule has 2 unspecified atom stereocenters. The molecule has 1 aliphatic rings. The average Bonchev–Trinajstić information content (AvgIpc) is 2.31. The molecule has 1 aromatic rings. The topological polar surface area (TPSA) is 37.3 Å². The molecule has 0 aromatic heterocycles. The molecule has 0 saturated heterocycles.